The number of hydrogen-bond acceptors (Lipinski definition) is 3. The molecule has 1 fully saturated rings. The molecule has 0 aliphatic heterocycles. The van der Waals surface area contributed by atoms with Crippen LogP contribution in [0.1, 0.15) is 52.4 Å². The average molecular weight is 260 g/mol. The molecule has 0 bridgehead atoms. The minimum absolute atomic E-state index is 0.204. The monoisotopic (exact) mass is 260 g/mol. The molecule has 1 saturated carbocycles. The van der Waals surface area contributed by atoms with Crippen LogP contribution < -0.4 is 0 Å². The largest absolute Gasteiger partial charge is 0.379 e. The molecule has 1 aliphatic rings. The van der Waals surface area contributed by atoms with Gasteiger partial charge in [0.05, 0.1) is 19.3 Å². The summed E-state index contributed by atoms with van der Waals surface area (Å²) in [5.41, 5.74) is 0.320. The predicted molar refractivity (Wildman–Crippen MR) is 75.9 cm³/mol. The van der Waals surface area contributed by atoms with Crippen LogP contribution >= 0.6 is 12.6 Å². The molecule has 17 heavy (non-hydrogen) atoms. The standard InChI is InChI=1S/C14H28O2S/c1-3-15-10-13(2)16-11-14(12-17)8-6-4-5-7-9-14/h13,17H,3-12H2,1-2H3. The third-order valence-corrected chi connectivity index (χ3v) is 4.40. The Morgan fingerprint density at radius 3 is 2.35 bits per heavy atom. The molecule has 3 heteroatoms. The summed E-state index contributed by atoms with van der Waals surface area (Å²) in [5, 5.41) is 0. The lowest BCUT2D eigenvalue weighted by atomic mass is 9.83. The lowest BCUT2D eigenvalue weighted by molar-refractivity contribution is -0.0393. The highest BCUT2D eigenvalue weighted by Crippen LogP contribution is 2.36. The van der Waals surface area contributed by atoms with E-state index in [2.05, 4.69) is 19.6 Å². The van der Waals surface area contributed by atoms with E-state index in [-0.39, 0.29) is 6.10 Å². The third kappa shape index (κ3) is 5.62. The van der Waals surface area contributed by atoms with Gasteiger partial charge in [0.15, 0.2) is 0 Å². The van der Waals surface area contributed by atoms with E-state index < -0.39 is 0 Å². The van der Waals surface area contributed by atoms with Crippen molar-refractivity contribution in [3.8, 4) is 0 Å². The molecule has 0 aromatic carbocycles. The topological polar surface area (TPSA) is 18.5 Å². The summed E-state index contributed by atoms with van der Waals surface area (Å²) in [7, 11) is 0. The first-order valence-electron chi connectivity index (χ1n) is 7.02. The number of rotatable bonds is 7. The molecule has 1 aliphatic carbocycles. The van der Waals surface area contributed by atoms with Crippen molar-refractivity contribution < 1.29 is 9.47 Å². The molecule has 1 rings (SSSR count). The zero-order chi connectivity index (χ0) is 12.6. The first kappa shape index (κ1) is 15.3. The Kier molecular flexibility index (Phi) is 7.56. The van der Waals surface area contributed by atoms with E-state index in [4.69, 9.17) is 9.47 Å². The Morgan fingerprint density at radius 2 is 1.82 bits per heavy atom. The second-order valence-corrected chi connectivity index (χ2v) is 5.67. The fourth-order valence-electron chi connectivity index (χ4n) is 2.48. The molecule has 0 spiro atoms. The second kappa shape index (κ2) is 8.39. The van der Waals surface area contributed by atoms with Crippen molar-refractivity contribution in [3.63, 3.8) is 0 Å². The van der Waals surface area contributed by atoms with Crippen LogP contribution in [0, 0.1) is 5.41 Å². The Morgan fingerprint density at radius 1 is 1.18 bits per heavy atom. The summed E-state index contributed by atoms with van der Waals surface area (Å²) in [4.78, 5) is 0. The molecule has 0 heterocycles. The SMILES string of the molecule is CCOCC(C)OCC1(CS)CCCCCC1. The Labute approximate surface area is 112 Å². The van der Waals surface area contributed by atoms with Gasteiger partial charge in [-0.1, -0.05) is 25.7 Å². The Hall–Kier alpha value is 0.270. The maximum atomic E-state index is 5.96. The van der Waals surface area contributed by atoms with Gasteiger partial charge < -0.3 is 9.47 Å². The van der Waals surface area contributed by atoms with E-state index in [0.717, 1.165) is 19.0 Å². The summed E-state index contributed by atoms with van der Waals surface area (Å²) in [6.45, 7) is 6.45. The van der Waals surface area contributed by atoms with Crippen LogP contribution in [0.5, 0.6) is 0 Å². The van der Waals surface area contributed by atoms with Crippen molar-refractivity contribution in [1.82, 2.24) is 0 Å². The van der Waals surface area contributed by atoms with E-state index >= 15 is 0 Å². The van der Waals surface area contributed by atoms with Crippen molar-refractivity contribution in [2.45, 2.75) is 58.5 Å². The maximum absolute atomic E-state index is 5.96. The summed E-state index contributed by atoms with van der Waals surface area (Å²) < 4.78 is 11.3. The molecule has 0 aromatic heterocycles. The minimum atomic E-state index is 0.204. The van der Waals surface area contributed by atoms with Crippen LogP contribution in [0.3, 0.4) is 0 Å². The fraction of sp³-hybridized carbons (Fsp3) is 1.00. The molecule has 1 unspecified atom stereocenters. The zero-order valence-electron chi connectivity index (χ0n) is 11.4. The van der Waals surface area contributed by atoms with Crippen LogP contribution in [0.2, 0.25) is 0 Å². The van der Waals surface area contributed by atoms with E-state index in [1.54, 1.807) is 0 Å². The van der Waals surface area contributed by atoms with Gasteiger partial charge in [-0.2, -0.15) is 12.6 Å². The van der Waals surface area contributed by atoms with E-state index in [1.807, 2.05) is 6.92 Å². The van der Waals surface area contributed by atoms with Gasteiger partial charge >= 0.3 is 0 Å². The summed E-state index contributed by atoms with van der Waals surface area (Å²) in [6, 6.07) is 0. The minimum Gasteiger partial charge on any atom is -0.379 e. The van der Waals surface area contributed by atoms with Crippen molar-refractivity contribution in [2.75, 3.05) is 25.6 Å². The van der Waals surface area contributed by atoms with Gasteiger partial charge in [-0.25, -0.2) is 0 Å². The molecule has 0 amide bonds. The molecule has 0 aromatic rings. The fourth-order valence-corrected chi connectivity index (χ4v) is 2.89. The molecule has 102 valence electrons. The summed E-state index contributed by atoms with van der Waals surface area (Å²) >= 11 is 4.56. The molecule has 2 nitrogen and oxygen atoms in total. The quantitative estimate of drug-likeness (QED) is 0.556. The van der Waals surface area contributed by atoms with Crippen LogP contribution in [0.15, 0.2) is 0 Å². The van der Waals surface area contributed by atoms with Gasteiger partial charge in [0, 0.05) is 12.0 Å². The highest BCUT2D eigenvalue weighted by molar-refractivity contribution is 7.80. The van der Waals surface area contributed by atoms with E-state index in [1.165, 1.54) is 38.5 Å². The molecule has 1 atom stereocenters. The van der Waals surface area contributed by atoms with E-state index in [9.17, 15) is 0 Å². The highest BCUT2D eigenvalue weighted by Gasteiger charge is 2.30. The van der Waals surface area contributed by atoms with Crippen molar-refractivity contribution in [2.24, 2.45) is 5.41 Å². The van der Waals surface area contributed by atoms with Crippen LogP contribution in [-0.2, 0) is 9.47 Å². The van der Waals surface area contributed by atoms with E-state index in [0.29, 0.717) is 12.0 Å². The van der Waals surface area contributed by atoms with Gasteiger partial charge in [-0.05, 0) is 32.4 Å². The normalized spacial score (nSPS) is 22.1. The highest BCUT2D eigenvalue weighted by atomic mass is 32.1. The third-order valence-electron chi connectivity index (χ3n) is 3.73. The number of thiol groups is 1. The summed E-state index contributed by atoms with van der Waals surface area (Å²) in [5.74, 6) is 0.953. The molecule has 0 saturated heterocycles. The molecular formula is C14H28O2S. The predicted octanol–water partition coefficient (Wildman–Crippen LogP) is 3.70. The summed E-state index contributed by atoms with van der Waals surface area (Å²) in [6.07, 6.45) is 8.19. The maximum Gasteiger partial charge on any atom is 0.0780 e. The lowest BCUT2D eigenvalue weighted by Gasteiger charge is -2.32. The first-order chi connectivity index (χ1) is 8.22. The van der Waals surface area contributed by atoms with Crippen LogP contribution in [0.25, 0.3) is 0 Å². The second-order valence-electron chi connectivity index (χ2n) is 5.35. The Balaban J connectivity index is 2.34. The number of hydrogen-bond donors (Lipinski definition) is 1. The molecular weight excluding hydrogens is 232 g/mol. The van der Waals surface area contributed by atoms with Crippen LogP contribution in [0.4, 0.5) is 0 Å². The van der Waals surface area contributed by atoms with Gasteiger partial charge in [0.2, 0.25) is 0 Å². The molecule has 0 N–H and O–H groups in total. The van der Waals surface area contributed by atoms with Crippen molar-refractivity contribution in [3.05, 3.63) is 0 Å². The number of ether oxygens (including phenoxy) is 2. The molecule has 0 radical (unpaired) electrons. The van der Waals surface area contributed by atoms with Gasteiger partial charge in [-0.3, -0.25) is 0 Å². The van der Waals surface area contributed by atoms with Gasteiger partial charge in [-0.15, -0.1) is 0 Å². The average Bonchev–Trinajstić information content (AvgIpc) is 2.60. The zero-order valence-corrected chi connectivity index (χ0v) is 12.3. The van der Waals surface area contributed by atoms with Crippen molar-refractivity contribution in [1.29, 1.82) is 0 Å². The first-order valence-corrected chi connectivity index (χ1v) is 7.66. The van der Waals surface area contributed by atoms with Gasteiger partial charge in [0.25, 0.3) is 0 Å². The van der Waals surface area contributed by atoms with Gasteiger partial charge in [0.1, 0.15) is 0 Å². The lowest BCUT2D eigenvalue weighted by Crippen LogP contribution is -2.31. The Bertz CT molecular complexity index is 189. The van der Waals surface area contributed by atoms with Crippen molar-refractivity contribution >= 4 is 12.6 Å². The smallest absolute Gasteiger partial charge is 0.0780 e. The van der Waals surface area contributed by atoms with Crippen LogP contribution in [-0.4, -0.2) is 31.7 Å².